The number of hydrogen-bond donors (Lipinski definition) is 0. The van der Waals surface area contributed by atoms with Crippen LogP contribution in [0, 0.1) is 6.92 Å². The molecule has 1 heterocycles. The van der Waals surface area contributed by atoms with Crippen molar-refractivity contribution in [3.8, 4) is 5.75 Å². The van der Waals surface area contributed by atoms with Crippen LogP contribution in [0.5, 0.6) is 5.75 Å². The third-order valence-electron chi connectivity index (χ3n) is 2.92. The maximum Gasteiger partial charge on any atom is 0.347 e. The predicted octanol–water partition coefficient (Wildman–Crippen LogP) is 2.82. The number of rotatable bonds is 4. The molecule has 0 fully saturated rings. The number of ether oxygens (including phenoxy) is 2. The van der Waals surface area contributed by atoms with E-state index >= 15 is 0 Å². The molecule has 0 bridgehead atoms. The van der Waals surface area contributed by atoms with E-state index < -0.39 is 17.7 Å². The van der Waals surface area contributed by atoms with Gasteiger partial charge in [-0.1, -0.05) is 0 Å². The number of esters is 1. The van der Waals surface area contributed by atoms with E-state index in [0.29, 0.717) is 11.3 Å². The third kappa shape index (κ3) is 3.62. The van der Waals surface area contributed by atoms with E-state index in [9.17, 15) is 9.59 Å². The minimum Gasteiger partial charge on any atom is -0.479 e. The molecular formula is C16H18O5. The van der Waals surface area contributed by atoms with E-state index in [1.807, 2.05) is 6.92 Å². The van der Waals surface area contributed by atoms with Gasteiger partial charge in [0.25, 0.3) is 0 Å². The van der Waals surface area contributed by atoms with Gasteiger partial charge < -0.3 is 13.9 Å². The van der Waals surface area contributed by atoms with Gasteiger partial charge in [0.2, 0.25) is 0 Å². The Balaban J connectivity index is 2.23. The second-order valence-electron chi connectivity index (χ2n) is 5.15. The molecule has 1 aromatic carbocycles. The molecule has 21 heavy (non-hydrogen) atoms. The zero-order valence-corrected chi connectivity index (χ0v) is 12.5. The third-order valence-corrected chi connectivity index (χ3v) is 2.92. The molecule has 0 radical (unpaired) electrons. The van der Waals surface area contributed by atoms with Crippen LogP contribution in [0.3, 0.4) is 0 Å². The van der Waals surface area contributed by atoms with Gasteiger partial charge in [-0.05, 0) is 45.4 Å². The van der Waals surface area contributed by atoms with Crippen LogP contribution in [0.4, 0.5) is 0 Å². The predicted molar refractivity (Wildman–Crippen MR) is 78.5 cm³/mol. The summed E-state index contributed by atoms with van der Waals surface area (Å²) in [5.74, 6) is 0.0141. The maximum atomic E-state index is 11.7. The number of aryl methyl sites for hydroxylation is 1. The molecule has 112 valence electrons. The zero-order valence-electron chi connectivity index (χ0n) is 12.5. The highest BCUT2D eigenvalue weighted by atomic mass is 16.6. The highest BCUT2D eigenvalue weighted by molar-refractivity contribution is 5.81. The quantitative estimate of drug-likeness (QED) is 0.640. The van der Waals surface area contributed by atoms with Crippen molar-refractivity contribution in [2.24, 2.45) is 0 Å². The average Bonchev–Trinajstić information content (AvgIpc) is 2.37. The maximum absolute atomic E-state index is 11.7. The Kier molecular flexibility index (Phi) is 4.31. The van der Waals surface area contributed by atoms with Gasteiger partial charge in [0.15, 0.2) is 6.10 Å². The van der Waals surface area contributed by atoms with Crippen LogP contribution in [0.25, 0.3) is 11.0 Å². The summed E-state index contributed by atoms with van der Waals surface area (Å²) in [6.45, 7) is 7.00. The molecule has 2 rings (SSSR count). The Morgan fingerprint density at radius 1 is 1.19 bits per heavy atom. The van der Waals surface area contributed by atoms with E-state index in [-0.39, 0.29) is 6.10 Å². The molecule has 0 aliphatic heterocycles. The monoisotopic (exact) mass is 290 g/mol. The SMILES string of the molecule is Cc1cc(=O)oc2cc(O[C@H](C)C(=O)OC(C)C)ccc12. The molecule has 0 saturated carbocycles. The summed E-state index contributed by atoms with van der Waals surface area (Å²) in [4.78, 5) is 23.1. The van der Waals surface area contributed by atoms with Gasteiger partial charge in [0.05, 0.1) is 6.10 Å². The molecule has 0 amide bonds. The molecular weight excluding hydrogens is 272 g/mol. The molecule has 0 spiro atoms. The Labute approximate surface area is 122 Å². The van der Waals surface area contributed by atoms with Gasteiger partial charge in [-0.2, -0.15) is 0 Å². The van der Waals surface area contributed by atoms with Crippen LogP contribution in [-0.2, 0) is 9.53 Å². The Morgan fingerprint density at radius 3 is 2.57 bits per heavy atom. The summed E-state index contributed by atoms with van der Waals surface area (Å²) in [5, 5.41) is 0.833. The van der Waals surface area contributed by atoms with Gasteiger partial charge in [-0.3, -0.25) is 0 Å². The van der Waals surface area contributed by atoms with E-state index in [1.165, 1.54) is 6.07 Å². The van der Waals surface area contributed by atoms with Crippen molar-refractivity contribution in [1.82, 2.24) is 0 Å². The van der Waals surface area contributed by atoms with E-state index in [2.05, 4.69) is 0 Å². The van der Waals surface area contributed by atoms with Crippen LogP contribution in [0.2, 0.25) is 0 Å². The number of carbonyl (C=O) groups excluding carboxylic acids is 1. The van der Waals surface area contributed by atoms with Crippen LogP contribution in [0.1, 0.15) is 26.3 Å². The van der Waals surface area contributed by atoms with Crippen molar-refractivity contribution in [2.75, 3.05) is 0 Å². The van der Waals surface area contributed by atoms with Crippen molar-refractivity contribution in [3.05, 3.63) is 40.2 Å². The summed E-state index contributed by atoms with van der Waals surface area (Å²) < 4.78 is 15.7. The Morgan fingerprint density at radius 2 is 1.90 bits per heavy atom. The molecule has 5 heteroatoms. The second-order valence-corrected chi connectivity index (χ2v) is 5.15. The number of benzene rings is 1. The standard InChI is InChI=1S/C16H18O5/c1-9(2)19-16(18)11(4)20-12-5-6-13-10(3)7-15(17)21-14(13)8-12/h5-9,11H,1-4H3/t11-/m1/s1. The van der Waals surface area contributed by atoms with Gasteiger partial charge in [0.1, 0.15) is 11.3 Å². The van der Waals surface area contributed by atoms with Crippen molar-refractivity contribution in [3.63, 3.8) is 0 Å². The molecule has 0 aliphatic rings. The molecule has 0 N–H and O–H groups in total. The lowest BCUT2D eigenvalue weighted by Gasteiger charge is -2.16. The Bertz CT molecular complexity index is 714. The lowest BCUT2D eigenvalue weighted by Crippen LogP contribution is -2.28. The molecule has 2 aromatic rings. The van der Waals surface area contributed by atoms with Crippen molar-refractivity contribution < 1.29 is 18.7 Å². The summed E-state index contributed by atoms with van der Waals surface area (Å²) in [6.07, 6.45) is -0.929. The van der Waals surface area contributed by atoms with E-state index in [1.54, 1.807) is 39.0 Å². The zero-order chi connectivity index (χ0) is 15.6. The molecule has 1 atom stereocenters. The lowest BCUT2D eigenvalue weighted by atomic mass is 10.1. The van der Waals surface area contributed by atoms with E-state index in [0.717, 1.165) is 10.9 Å². The number of hydrogen-bond acceptors (Lipinski definition) is 5. The summed E-state index contributed by atoms with van der Waals surface area (Å²) in [6, 6.07) is 6.56. The smallest absolute Gasteiger partial charge is 0.347 e. The second kappa shape index (κ2) is 5.99. The highest BCUT2D eigenvalue weighted by Crippen LogP contribution is 2.23. The first kappa shape index (κ1) is 15.1. The summed E-state index contributed by atoms with van der Waals surface area (Å²) >= 11 is 0. The van der Waals surface area contributed by atoms with Crippen LogP contribution in [0.15, 0.2) is 33.5 Å². The van der Waals surface area contributed by atoms with Gasteiger partial charge in [-0.15, -0.1) is 0 Å². The molecule has 0 aliphatic carbocycles. The minimum atomic E-state index is -0.735. The lowest BCUT2D eigenvalue weighted by molar-refractivity contribution is -0.154. The van der Waals surface area contributed by atoms with Gasteiger partial charge in [0, 0.05) is 17.5 Å². The van der Waals surface area contributed by atoms with E-state index in [4.69, 9.17) is 13.9 Å². The van der Waals surface area contributed by atoms with Crippen LogP contribution >= 0.6 is 0 Å². The summed E-state index contributed by atoms with van der Waals surface area (Å²) in [5.41, 5.74) is 0.853. The van der Waals surface area contributed by atoms with Crippen molar-refractivity contribution in [1.29, 1.82) is 0 Å². The fourth-order valence-electron chi connectivity index (χ4n) is 1.96. The largest absolute Gasteiger partial charge is 0.479 e. The molecule has 5 nitrogen and oxygen atoms in total. The van der Waals surface area contributed by atoms with Crippen LogP contribution in [-0.4, -0.2) is 18.2 Å². The van der Waals surface area contributed by atoms with Gasteiger partial charge in [-0.25, -0.2) is 9.59 Å². The molecule has 1 aromatic heterocycles. The van der Waals surface area contributed by atoms with Crippen molar-refractivity contribution >= 4 is 16.9 Å². The fourth-order valence-corrected chi connectivity index (χ4v) is 1.96. The topological polar surface area (TPSA) is 65.7 Å². The van der Waals surface area contributed by atoms with Crippen LogP contribution < -0.4 is 10.4 Å². The number of fused-ring (bicyclic) bond motifs is 1. The first-order valence-corrected chi connectivity index (χ1v) is 6.78. The molecule has 0 saturated heterocycles. The first-order valence-electron chi connectivity index (χ1n) is 6.78. The minimum absolute atomic E-state index is 0.194. The first-order chi connectivity index (χ1) is 9.86. The van der Waals surface area contributed by atoms with Gasteiger partial charge >= 0.3 is 11.6 Å². The number of carbonyl (C=O) groups is 1. The Hall–Kier alpha value is -2.30. The fraction of sp³-hybridized carbons (Fsp3) is 0.375. The summed E-state index contributed by atoms with van der Waals surface area (Å²) in [7, 11) is 0. The molecule has 0 unspecified atom stereocenters. The average molecular weight is 290 g/mol. The normalized spacial score (nSPS) is 12.4. The van der Waals surface area contributed by atoms with Crippen molar-refractivity contribution in [2.45, 2.75) is 39.9 Å². The highest BCUT2D eigenvalue weighted by Gasteiger charge is 2.18.